The molecule has 2 unspecified atom stereocenters. The van der Waals surface area contributed by atoms with E-state index in [0.717, 1.165) is 4.88 Å². The van der Waals surface area contributed by atoms with Crippen LogP contribution in [0.4, 0.5) is 0 Å². The first kappa shape index (κ1) is 15.0. The maximum Gasteiger partial charge on any atom is 0.316 e. The average Bonchev–Trinajstić information content (AvgIpc) is 2.82. The number of carbonyl (C=O) groups is 2. The number of carboxylic acids is 1. The molecular weight excluding hydrogens is 270 g/mol. The van der Waals surface area contributed by atoms with E-state index < -0.39 is 11.2 Å². The third-order valence-corrected chi connectivity index (χ3v) is 4.83. The second kappa shape index (κ2) is 7.43. The Morgan fingerprint density at radius 1 is 1.56 bits per heavy atom. The number of hydrogen-bond acceptors (Lipinski definition) is 4. The van der Waals surface area contributed by atoms with Crippen molar-refractivity contribution in [3.8, 4) is 0 Å². The van der Waals surface area contributed by atoms with Crippen LogP contribution in [0.3, 0.4) is 0 Å². The molecular formula is C12H17NO3S2. The molecule has 0 bridgehead atoms. The Labute approximate surface area is 115 Å². The van der Waals surface area contributed by atoms with E-state index in [2.05, 4.69) is 5.32 Å². The Hall–Kier alpha value is -1.01. The zero-order valence-corrected chi connectivity index (χ0v) is 12.0. The highest BCUT2D eigenvalue weighted by molar-refractivity contribution is 8.01. The third kappa shape index (κ3) is 4.70. The van der Waals surface area contributed by atoms with Gasteiger partial charge in [-0.3, -0.25) is 9.59 Å². The van der Waals surface area contributed by atoms with E-state index in [4.69, 9.17) is 5.11 Å². The van der Waals surface area contributed by atoms with Gasteiger partial charge in [-0.1, -0.05) is 13.0 Å². The first-order valence-corrected chi connectivity index (χ1v) is 7.64. The Kier molecular flexibility index (Phi) is 6.21. The number of thiophene rings is 1. The zero-order valence-electron chi connectivity index (χ0n) is 10.4. The van der Waals surface area contributed by atoms with Crippen LogP contribution in [0.1, 0.15) is 31.2 Å². The van der Waals surface area contributed by atoms with E-state index in [0.29, 0.717) is 6.42 Å². The second-order valence-corrected chi connectivity index (χ2v) is 6.02. The fraction of sp³-hybridized carbons (Fsp3) is 0.500. The van der Waals surface area contributed by atoms with E-state index in [9.17, 15) is 9.59 Å². The molecule has 0 aromatic carbocycles. The van der Waals surface area contributed by atoms with Crippen LogP contribution in [0.25, 0.3) is 0 Å². The molecule has 1 heterocycles. The van der Waals surface area contributed by atoms with Gasteiger partial charge in [0, 0.05) is 4.88 Å². The van der Waals surface area contributed by atoms with Crippen molar-refractivity contribution in [2.24, 2.45) is 0 Å². The number of nitrogens with one attached hydrogen (secondary N) is 1. The van der Waals surface area contributed by atoms with Crippen molar-refractivity contribution in [2.75, 3.05) is 5.75 Å². The molecule has 1 aromatic heterocycles. The van der Waals surface area contributed by atoms with Crippen LogP contribution >= 0.6 is 23.1 Å². The molecule has 0 saturated carbocycles. The van der Waals surface area contributed by atoms with Gasteiger partial charge in [-0.25, -0.2) is 0 Å². The fourth-order valence-corrected chi connectivity index (χ4v) is 2.98. The lowest BCUT2D eigenvalue weighted by Gasteiger charge is -2.13. The highest BCUT2D eigenvalue weighted by Gasteiger charge is 2.18. The summed E-state index contributed by atoms with van der Waals surface area (Å²) in [6.07, 6.45) is 0.522. The molecule has 1 amide bonds. The van der Waals surface area contributed by atoms with Crippen LogP contribution in [0, 0.1) is 0 Å². The van der Waals surface area contributed by atoms with Crippen molar-refractivity contribution in [1.29, 1.82) is 0 Å². The van der Waals surface area contributed by atoms with E-state index in [1.807, 2.05) is 24.4 Å². The average molecular weight is 287 g/mol. The molecule has 0 aliphatic heterocycles. The van der Waals surface area contributed by atoms with Gasteiger partial charge in [0.05, 0.1) is 11.8 Å². The monoisotopic (exact) mass is 287 g/mol. The third-order valence-electron chi connectivity index (χ3n) is 2.41. The van der Waals surface area contributed by atoms with Crippen LogP contribution in [0.2, 0.25) is 0 Å². The summed E-state index contributed by atoms with van der Waals surface area (Å²) in [6.45, 7) is 3.72. The lowest BCUT2D eigenvalue weighted by molar-refractivity contribution is -0.136. The van der Waals surface area contributed by atoms with E-state index in [-0.39, 0.29) is 17.7 Å². The minimum Gasteiger partial charge on any atom is -0.480 e. The number of hydrogen-bond donors (Lipinski definition) is 2. The van der Waals surface area contributed by atoms with Crippen molar-refractivity contribution < 1.29 is 14.7 Å². The summed E-state index contributed by atoms with van der Waals surface area (Å²) < 4.78 is 0. The molecule has 2 atom stereocenters. The zero-order chi connectivity index (χ0) is 13.5. The van der Waals surface area contributed by atoms with Gasteiger partial charge in [0.2, 0.25) is 5.91 Å². The molecule has 6 heteroatoms. The van der Waals surface area contributed by atoms with Gasteiger partial charge >= 0.3 is 5.97 Å². The normalized spacial score (nSPS) is 13.9. The molecule has 0 spiro atoms. The van der Waals surface area contributed by atoms with Crippen molar-refractivity contribution >= 4 is 35.0 Å². The number of aliphatic carboxylic acids is 1. The van der Waals surface area contributed by atoms with E-state index in [1.54, 1.807) is 18.3 Å². The van der Waals surface area contributed by atoms with Gasteiger partial charge in [0.25, 0.3) is 0 Å². The van der Waals surface area contributed by atoms with Gasteiger partial charge in [0.1, 0.15) is 5.25 Å². The molecule has 0 aliphatic carbocycles. The summed E-state index contributed by atoms with van der Waals surface area (Å²) in [5, 5.41) is 13.2. The summed E-state index contributed by atoms with van der Waals surface area (Å²) in [5.74, 6) is -0.803. The number of thioether (sulfide) groups is 1. The molecule has 1 aromatic rings. The van der Waals surface area contributed by atoms with Gasteiger partial charge in [-0.05, 0) is 24.8 Å². The van der Waals surface area contributed by atoms with Crippen molar-refractivity contribution in [1.82, 2.24) is 5.32 Å². The van der Waals surface area contributed by atoms with Gasteiger partial charge in [0.15, 0.2) is 0 Å². The SMILES string of the molecule is CCC(SCC(=O)NC(C)c1cccs1)C(=O)O. The predicted molar refractivity (Wildman–Crippen MR) is 75.0 cm³/mol. The van der Waals surface area contributed by atoms with Gasteiger partial charge in [-0.15, -0.1) is 23.1 Å². The Balaban J connectivity index is 2.35. The maximum absolute atomic E-state index is 11.7. The van der Waals surface area contributed by atoms with E-state index in [1.165, 1.54) is 11.8 Å². The molecule has 18 heavy (non-hydrogen) atoms. The summed E-state index contributed by atoms with van der Waals surface area (Å²) in [5.41, 5.74) is 0. The Morgan fingerprint density at radius 3 is 2.78 bits per heavy atom. The number of carboxylic acid groups (broad SMARTS) is 1. The highest BCUT2D eigenvalue weighted by Crippen LogP contribution is 2.19. The Morgan fingerprint density at radius 2 is 2.28 bits per heavy atom. The fourth-order valence-electron chi connectivity index (χ4n) is 1.43. The highest BCUT2D eigenvalue weighted by atomic mass is 32.2. The molecule has 0 aliphatic rings. The number of carbonyl (C=O) groups excluding carboxylic acids is 1. The number of rotatable bonds is 7. The maximum atomic E-state index is 11.7. The first-order valence-electron chi connectivity index (χ1n) is 5.71. The topological polar surface area (TPSA) is 66.4 Å². The van der Waals surface area contributed by atoms with Crippen LogP contribution < -0.4 is 5.32 Å². The first-order chi connectivity index (χ1) is 8.54. The summed E-state index contributed by atoms with van der Waals surface area (Å²) >= 11 is 2.76. The van der Waals surface area contributed by atoms with Crippen LogP contribution in [0.5, 0.6) is 0 Å². The quantitative estimate of drug-likeness (QED) is 0.808. The van der Waals surface area contributed by atoms with Crippen molar-refractivity contribution in [3.05, 3.63) is 22.4 Å². The molecule has 100 valence electrons. The standard InChI is InChI=1S/C12H17NO3S2/c1-3-9(12(15)16)18-7-11(14)13-8(2)10-5-4-6-17-10/h4-6,8-9H,3,7H2,1-2H3,(H,13,14)(H,15,16). The molecule has 4 nitrogen and oxygen atoms in total. The smallest absolute Gasteiger partial charge is 0.316 e. The number of amides is 1. The largest absolute Gasteiger partial charge is 0.480 e. The van der Waals surface area contributed by atoms with Crippen molar-refractivity contribution in [3.63, 3.8) is 0 Å². The summed E-state index contributed by atoms with van der Waals surface area (Å²) in [4.78, 5) is 23.6. The molecule has 0 saturated heterocycles. The summed E-state index contributed by atoms with van der Waals surface area (Å²) in [6, 6.07) is 3.88. The van der Waals surface area contributed by atoms with Gasteiger partial charge < -0.3 is 10.4 Å². The summed E-state index contributed by atoms with van der Waals surface area (Å²) in [7, 11) is 0. The molecule has 2 N–H and O–H groups in total. The van der Waals surface area contributed by atoms with Gasteiger partial charge in [-0.2, -0.15) is 0 Å². The molecule has 1 rings (SSSR count). The van der Waals surface area contributed by atoms with Crippen LogP contribution in [0.15, 0.2) is 17.5 Å². The Bertz CT molecular complexity index is 392. The minimum atomic E-state index is -0.860. The van der Waals surface area contributed by atoms with Crippen LogP contribution in [-0.2, 0) is 9.59 Å². The minimum absolute atomic E-state index is 0.0250. The molecule has 0 radical (unpaired) electrons. The van der Waals surface area contributed by atoms with Crippen LogP contribution in [-0.4, -0.2) is 28.0 Å². The van der Waals surface area contributed by atoms with Crippen molar-refractivity contribution in [2.45, 2.75) is 31.6 Å². The lowest BCUT2D eigenvalue weighted by atomic mass is 10.3. The second-order valence-electron chi connectivity index (χ2n) is 3.85. The lowest BCUT2D eigenvalue weighted by Crippen LogP contribution is -2.29. The predicted octanol–water partition coefficient (Wildman–Crippen LogP) is 2.52. The molecule has 0 fully saturated rings. The van der Waals surface area contributed by atoms with E-state index >= 15 is 0 Å².